The van der Waals surface area contributed by atoms with Gasteiger partial charge in [-0.2, -0.15) is 0 Å². The maximum atomic E-state index is 5.05. The van der Waals surface area contributed by atoms with E-state index in [2.05, 4.69) is 4.98 Å². The van der Waals surface area contributed by atoms with Gasteiger partial charge in [0.2, 0.25) is 6.79 Å². The molecule has 0 saturated carbocycles. The van der Waals surface area contributed by atoms with E-state index in [0.29, 0.717) is 13.2 Å². The van der Waals surface area contributed by atoms with E-state index >= 15 is 0 Å². The number of ether oxygens (including phenoxy) is 2. The quantitative estimate of drug-likeness (QED) is 0.627. The van der Waals surface area contributed by atoms with Crippen LogP contribution in [-0.2, 0) is 9.47 Å². The Morgan fingerprint density at radius 3 is 2.75 bits per heavy atom. The minimum absolute atomic E-state index is 0.274. The highest BCUT2D eigenvalue weighted by molar-refractivity contribution is 5.09. The first-order valence-corrected chi connectivity index (χ1v) is 3.92. The highest BCUT2D eigenvalue weighted by atomic mass is 16.7. The Bertz CT molecular complexity index is 232. The predicted octanol–water partition coefficient (Wildman–Crippen LogP) is 1.33. The number of hydrogen-bond donors (Lipinski definition) is 0. The summed E-state index contributed by atoms with van der Waals surface area (Å²) in [5.74, 6) is 0.274. The lowest BCUT2D eigenvalue weighted by Crippen LogP contribution is -2.20. The smallest absolute Gasteiger partial charge is 0.209 e. The van der Waals surface area contributed by atoms with Gasteiger partial charge < -0.3 is 9.47 Å². The fourth-order valence-electron chi connectivity index (χ4n) is 1.20. The van der Waals surface area contributed by atoms with Crippen molar-refractivity contribution in [3.05, 3.63) is 36.9 Å². The molecule has 1 aliphatic heterocycles. The largest absolute Gasteiger partial charge is 0.347 e. The second-order valence-electron chi connectivity index (χ2n) is 2.71. The second-order valence-corrected chi connectivity index (χ2v) is 2.71. The van der Waals surface area contributed by atoms with Crippen molar-refractivity contribution < 1.29 is 9.47 Å². The zero-order valence-corrected chi connectivity index (χ0v) is 6.64. The van der Waals surface area contributed by atoms with Gasteiger partial charge in [-0.15, -0.1) is 0 Å². The van der Waals surface area contributed by atoms with Gasteiger partial charge in [0.05, 0.1) is 13.2 Å². The van der Waals surface area contributed by atoms with Crippen molar-refractivity contribution in [3.8, 4) is 0 Å². The average molecular weight is 164 g/mol. The van der Waals surface area contributed by atoms with Crippen molar-refractivity contribution in [2.24, 2.45) is 0 Å². The molecule has 0 amide bonds. The number of aromatic nitrogens is 1. The molecule has 0 aromatic carbocycles. The predicted molar refractivity (Wildman–Crippen MR) is 43.2 cm³/mol. The van der Waals surface area contributed by atoms with Crippen molar-refractivity contribution in [2.45, 2.75) is 5.92 Å². The van der Waals surface area contributed by atoms with Gasteiger partial charge in [-0.05, 0) is 12.1 Å². The fourth-order valence-corrected chi connectivity index (χ4v) is 1.20. The Labute approximate surface area is 71.3 Å². The summed E-state index contributed by atoms with van der Waals surface area (Å²) in [4.78, 5) is 4.23. The lowest BCUT2D eigenvalue weighted by Gasteiger charge is -2.20. The van der Waals surface area contributed by atoms with Gasteiger partial charge in [0, 0.05) is 17.8 Å². The van der Waals surface area contributed by atoms with Crippen LogP contribution in [0.4, 0.5) is 0 Å². The lowest BCUT2D eigenvalue weighted by atomic mass is 10.1. The molecule has 3 heteroatoms. The van der Waals surface area contributed by atoms with E-state index in [1.165, 1.54) is 6.79 Å². The Hall–Kier alpha value is -0.930. The molecule has 0 atom stereocenters. The summed E-state index contributed by atoms with van der Waals surface area (Å²) < 4.78 is 10.1. The summed E-state index contributed by atoms with van der Waals surface area (Å²) in [6.45, 7) is 2.72. The van der Waals surface area contributed by atoms with Gasteiger partial charge in [-0.3, -0.25) is 4.98 Å². The number of nitrogens with zero attached hydrogens (tertiary/aromatic N) is 1. The summed E-state index contributed by atoms with van der Waals surface area (Å²) >= 11 is 0. The monoisotopic (exact) mass is 164 g/mol. The van der Waals surface area contributed by atoms with E-state index in [-0.39, 0.29) is 5.92 Å². The van der Waals surface area contributed by atoms with Gasteiger partial charge in [0.15, 0.2) is 0 Å². The summed E-state index contributed by atoms with van der Waals surface area (Å²) in [7, 11) is 0. The van der Waals surface area contributed by atoms with Crippen molar-refractivity contribution in [1.29, 1.82) is 0 Å². The zero-order valence-electron chi connectivity index (χ0n) is 6.64. The van der Waals surface area contributed by atoms with Crippen molar-refractivity contribution in [2.75, 3.05) is 13.2 Å². The molecule has 12 heavy (non-hydrogen) atoms. The van der Waals surface area contributed by atoms with E-state index < -0.39 is 0 Å². The van der Waals surface area contributed by atoms with Gasteiger partial charge in [-0.25, -0.2) is 0 Å². The number of pyridine rings is 1. The molecule has 2 rings (SSSR count). The molecule has 63 valence electrons. The van der Waals surface area contributed by atoms with Crippen LogP contribution in [0.2, 0.25) is 0 Å². The summed E-state index contributed by atoms with van der Waals surface area (Å²) in [5, 5.41) is 0. The van der Waals surface area contributed by atoms with E-state index in [9.17, 15) is 0 Å². The lowest BCUT2D eigenvalue weighted by molar-refractivity contribution is -0.0423. The van der Waals surface area contributed by atoms with Crippen LogP contribution < -0.4 is 0 Å². The molecule has 2 heterocycles. The Kier molecular flexibility index (Phi) is 2.34. The standard InChI is InChI=1S/C9H10NO2/c1-2-4-10-9(3-1)8-5-11-7-12-6-8/h1-4,7-8H,5-6H2. The molecule has 1 aliphatic rings. The molecule has 1 aromatic rings. The van der Waals surface area contributed by atoms with Crippen LogP contribution in [0.3, 0.4) is 0 Å². The van der Waals surface area contributed by atoms with Gasteiger partial charge in [0.25, 0.3) is 0 Å². The molecule has 1 aromatic heterocycles. The SMILES string of the molecule is [CH]1OCC(c2ccccn2)CO1. The van der Waals surface area contributed by atoms with E-state index in [1.54, 1.807) is 6.20 Å². The van der Waals surface area contributed by atoms with Crippen LogP contribution in [0.1, 0.15) is 11.6 Å². The third-order valence-electron chi connectivity index (χ3n) is 1.84. The number of hydrogen-bond acceptors (Lipinski definition) is 3. The topological polar surface area (TPSA) is 31.4 Å². The van der Waals surface area contributed by atoms with Crippen molar-refractivity contribution in [3.63, 3.8) is 0 Å². The Morgan fingerprint density at radius 1 is 1.25 bits per heavy atom. The summed E-state index contributed by atoms with van der Waals surface area (Å²) in [6.07, 6.45) is 1.79. The first kappa shape index (κ1) is 7.71. The highest BCUT2D eigenvalue weighted by Crippen LogP contribution is 2.18. The van der Waals surface area contributed by atoms with Gasteiger partial charge in [0.1, 0.15) is 0 Å². The Balaban J connectivity index is 2.08. The van der Waals surface area contributed by atoms with E-state index in [0.717, 1.165) is 5.69 Å². The maximum Gasteiger partial charge on any atom is 0.209 e. The van der Waals surface area contributed by atoms with Crippen LogP contribution in [-0.4, -0.2) is 18.2 Å². The Morgan fingerprint density at radius 2 is 2.08 bits per heavy atom. The summed E-state index contributed by atoms with van der Waals surface area (Å²) in [6, 6.07) is 5.86. The van der Waals surface area contributed by atoms with Crippen molar-refractivity contribution >= 4 is 0 Å². The molecule has 0 N–H and O–H groups in total. The minimum atomic E-state index is 0.274. The number of rotatable bonds is 1. The molecular formula is C9H10NO2. The van der Waals surface area contributed by atoms with Crippen LogP contribution >= 0.6 is 0 Å². The molecule has 0 spiro atoms. The molecular weight excluding hydrogens is 154 g/mol. The van der Waals surface area contributed by atoms with Crippen LogP contribution in [0.15, 0.2) is 24.4 Å². The summed E-state index contributed by atoms with van der Waals surface area (Å²) in [5.41, 5.74) is 1.03. The van der Waals surface area contributed by atoms with Crippen molar-refractivity contribution in [1.82, 2.24) is 4.98 Å². The first-order valence-electron chi connectivity index (χ1n) is 3.92. The zero-order chi connectivity index (χ0) is 8.23. The molecule has 1 saturated heterocycles. The van der Waals surface area contributed by atoms with E-state index in [1.807, 2.05) is 18.2 Å². The van der Waals surface area contributed by atoms with Gasteiger partial charge >= 0.3 is 0 Å². The fraction of sp³-hybridized carbons (Fsp3) is 0.333. The highest BCUT2D eigenvalue weighted by Gasteiger charge is 2.17. The average Bonchev–Trinajstić information content (AvgIpc) is 2.21. The molecule has 3 nitrogen and oxygen atoms in total. The second kappa shape index (κ2) is 3.65. The first-order chi connectivity index (χ1) is 5.97. The van der Waals surface area contributed by atoms with Crippen LogP contribution in [0.5, 0.6) is 0 Å². The van der Waals surface area contributed by atoms with Crippen LogP contribution in [0, 0.1) is 6.79 Å². The van der Waals surface area contributed by atoms with Gasteiger partial charge in [-0.1, -0.05) is 6.07 Å². The maximum absolute atomic E-state index is 5.05. The van der Waals surface area contributed by atoms with Crippen LogP contribution in [0.25, 0.3) is 0 Å². The molecule has 0 unspecified atom stereocenters. The van der Waals surface area contributed by atoms with E-state index in [4.69, 9.17) is 9.47 Å². The molecule has 0 bridgehead atoms. The molecule has 0 aliphatic carbocycles. The third-order valence-corrected chi connectivity index (χ3v) is 1.84. The third kappa shape index (κ3) is 1.62. The minimum Gasteiger partial charge on any atom is -0.347 e. The molecule has 1 radical (unpaired) electrons. The normalized spacial score (nSPS) is 19.3. The molecule has 1 fully saturated rings.